The third kappa shape index (κ3) is 5.05. The lowest BCUT2D eigenvalue weighted by Crippen LogP contribution is -2.29. The second kappa shape index (κ2) is 8.03. The summed E-state index contributed by atoms with van der Waals surface area (Å²) in [5, 5.41) is 8.72. The molecule has 0 saturated carbocycles. The fourth-order valence-electron chi connectivity index (χ4n) is 2.91. The number of piperidine rings is 1. The van der Waals surface area contributed by atoms with Gasteiger partial charge in [0.2, 0.25) is 0 Å². The minimum absolute atomic E-state index is 0.230. The van der Waals surface area contributed by atoms with Gasteiger partial charge in [0.05, 0.1) is 7.11 Å². The normalized spacial score (nSPS) is 15.9. The molecular formula is C17H25NO3. The quantitative estimate of drug-likeness (QED) is 0.838. The van der Waals surface area contributed by atoms with E-state index in [1.165, 1.54) is 30.4 Å². The van der Waals surface area contributed by atoms with E-state index >= 15 is 0 Å². The van der Waals surface area contributed by atoms with Gasteiger partial charge in [-0.3, -0.25) is 9.69 Å². The number of benzene rings is 1. The van der Waals surface area contributed by atoms with Crippen molar-refractivity contribution in [1.29, 1.82) is 0 Å². The van der Waals surface area contributed by atoms with Gasteiger partial charge in [-0.05, 0) is 50.4 Å². The Labute approximate surface area is 126 Å². The van der Waals surface area contributed by atoms with E-state index in [2.05, 4.69) is 11.0 Å². The molecule has 1 fully saturated rings. The summed E-state index contributed by atoms with van der Waals surface area (Å²) < 4.78 is 5.46. The number of likely N-dealkylation sites (tertiary alicyclic amines) is 1. The number of methoxy groups -OCH3 is 1. The first kappa shape index (κ1) is 15.8. The van der Waals surface area contributed by atoms with Gasteiger partial charge < -0.3 is 9.84 Å². The Morgan fingerprint density at radius 1 is 1.29 bits per heavy atom. The summed E-state index contributed by atoms with van der Waals surface area (Å²) in [6, 6.07) is 6.23. The summed E-state index contributed by atoms with van der Waals surface area (Å²) in [6.45, 7) is 3.24. The van der Waals surface area contributed by atoms with Crippen molar-refractivity contribution in [2.24, 2.45) is 0 Å². The molecule has 0 atom stereocenters. The summed E-state index contributed by atoms with van der Waals surface area (Å²) in [7, 11) is 1.71. The largest absolute Gasteiger partial charge is 0.496 e. The molecule has 1 aromatic carbocycles. The number of aliphatic carboxylic acids is 1. The highest BCUT2D eigenvalue weighted by molar-refractivity contribution is 5.66. The average Bonchev–Trinajstić information content (AvgIpc) is 2.48. The molecule has 1 aliphatic heterocycles. The van der Waals surface area contributed by atoms with Gasteiger partial charge in [-0.15, -0.1) is 0 Å². The Balaban J connectivity index is 2.00. The van der Waals surface area contributed by atoms with Gasteiger partial charge in [0.25, 0.3) is 0 Å². The van der Waals surface area contributed by atoms with Gasteiger partial charge in [-0.1, -0.05) is 18.6 Å². The number of rotatable bonds is 7. The van der Waals surface area contributed by atoms with E-state index < -0.39 is 5.97 Å². The fourth-order valence-corrected chi connectivity index (χ4v) is 2.91. The van der Waals surface area contributed by atoms with Crippen LogP contribution in [0.25, 0.3) is 0 Å². The summed E-state index contributed by atoms with van der Waals surface area (Å²) in [5.74, 6) is 0.208. The van der Waals surface area contributed by atoms with Crippen molar-refractivity contribution in [2.75, 3.05) is 20.2 Å². The predicted octanol–water partition coefficient (Wildman–Crippen LogP) is 3.09. The molecule has 4 heteroatoms. The molecule has 0 bridgehead atoms. The molecule has 2 rings (SSSR count). The number of nitrogens with zero attached hydrogens (tertiary/aromatic N) is 1. The second-order valence-corrected chi connectivity index (χ2v) is 5.73. The Morgan fingerprint density at radius 3 is 2.71 bits per heavy atom. The number of carbonyl (C=O) groups is 1. The van der Waals surface area contributed by atoms with Crippen LogP contribution >= 0.6 is 0 Å². The van der Waals surface area contributed by atoms with E-state index in [-0.39, 0.29) is 6.42 Å². The van der Waals surface area contributed by atoms with E-state index in [0.717, 1.165) is 31.8 Å². The van der Waals surface area contributed by atoms with Gasteiger partial charge in [-0.2, -0.15) is 0 Å². The summed E-state index contributed by atoms with van der Waals surface area (Å²) in [6.07, 6.45) is 5.62. The molecule has 1 saturated heterocycles. The van der Waals surface area contributed by atoms with Crippen molar-refractivity contribution in [2.45, 2.75) is 45.1 Å². The van der Waals surface area contributed by atoms with Gasteiger partial charge in [-0.25, -0.2) is 0 Å². The second-order valence-electron chi connectivity index (χ2n) is 5.73. The van der Waals surface area contributed by atoms with Crippen LogP contribution in [0.4, 0.5) is 0 Å². The Bertz CT molecular complexity index is 467. The third-order valence-electron chi connectivity index (χ3n) is 4.04. The standard InChI is InChI=1S/C17H25NO3/c1-21-16-9-8-14(6-5-7-17(19)20)12-15(16)13-18-10-3-2-4-11-18/h8-9,12H,2-7,10-11,13H2,1H3,(H,19,20). The SMILES string of the molecule is COc1ccc(CCCC(=O)O)cc1CN1CCCCC1. The smallest absolute Gasteiger partial charge is 0.303 e. The maximum absolute atomic E-state index is 10.6. The molecule has 21 heavy (non-hydrogen) atoms. The van der Waals surface area contributed by atoms with Crippen molar-refractivity contribution in [3.05, 3.63) is 29.3 Å². The lowest BCUT2D eigenvalue weighted by atomic mass is 10.0. The van der Waals surface area contributed by atoms with Crippen LogP contribution in [0.5, 0.6) is 5.75 Å². The maximum atomic E-state index is 10.6. The zero-order valence-electron chi connectivity index (χ0n) is 12.8. The third-order valence-corrected chi connectivity index (χ3v) is 4.04. The van der Waals surface area contributed by atoms with Gasteiger partial charge in [0.1, 0.15) is 5.75 Å². The van der Waals surface area contributed by atoms with E-state index in [1.807, 2.05) is 12.1 Å². The van der Waals surface area contributed by atoms with Crippen LogP contribution in [0, 0.1) is 0 Å². The van der Waals surface area contributed by atoms with E-state index in [9.17, 15) is 4.79 Å². The Morgan fingerprint density at radius 2 is 2.05 bits per heavy atom. The molecule has 0 spiro atoms. The van der Waals surface area contributed by atoms with Gasteiger partial charge in [0, 0.05) is 18.5 Å². The average molecular weight is 291 g/mol. The van der Waals surface area contributed by atoms with Crippen LogP contribution in [-0.2, 0) is 17.8 Å². The van der Waals surface area contributed by atoms with Crippen molar-refractivity contribution >= 4 is 5.97 Å². The summed E-state index contributed by atoms with van der Waals surface area (Å²) >= 11 is 0. The lowest BCUT2D eigenvalue weighted by molar-refractivity contribution is -0.137. The lowest BCUT2D eigenvalue weighted by Gasteiger charge is -2.27. The van der Waals surface area contributed by atoms with Crippen molar-refractivity contribution in [3.63, 3.8) is 0 Å². The first-order valence-corrected chi connectivity index (χ1v) is 7.79. The van der Waals surface area contributed by atoms with Crippen molar-refractivity contribution in [3.8, 4) is 5.75 Å². The molecule has 1 N–H and O–H groups in total. The number of aryl methyl sites for hydroxylation is 1. The summed E-state index contributed by atoms with van der Waals surface area (Å²) in [4.78, 5) is 13.1. The van der Waals surface area contributed by atoms with E-state index in [4.69, 9.17) is 9.84 Å². The number of ether oxygens (including phenoxy) is 1. The van der Waals surface area contributed by atoms with Gasteiger partial charge in [0.15, 0.2) is 0 Å². The molecule has 1 heterocycles. The first-order valence-electron chi connectivity index (χ1n) is 7.79. The first-order chi connectivity index (χ1) is 10.2. The van der Waals surface area contributed by atoms with E-state index in [1.54, 1.807) is 7.11 Å². The topological polar surface area (TPSA) is 49.8 Å². The maximum Gasteiger partial charge on any atom is 0.303 e. The fraction of sp³-hybridized carbons (Fsp3) is 0.588. The zero-order valence-corrected chi connectivity index (χ0v) is 12.8. The molecule has 0 amide bonds. The van der Waals surface area contributed by atoms with Crippen LogP contribution in [0.1, 0.15) is 43.2 Å². The number of hydrogen-bond acceptors (Lipinski definition) is 3. The highest BCUT2D eigenvalue weighted by atomic mass is 16.5. The number of carboxylic acid groups (broad SMARTS) is 1. The van der Waals surface area contributed by atoms with Crippen LogP contribution in [0.2, 0.25) is 0 Å². The van der Waals surface area contributed by atoms with Crippen LogP contribution in [0.15, 0.2) is 18.2 Å². The molecular weight excluding hydrogens is 266 g/mol. The number of carboxylic acids is 1. The van der Waals surface area contributed by atoms with Crippen LogP contribution < -0.4 is 4.74 Å². The molecule has 0 radical (unpaired) electrons. The molecule has 1 aromatic rings. The summed E-state index contributed by atoms with van der Waals surface area (Å²) in [5.41, 5.74) is 2.41. The minimum Gasteiger partial charge on any atom is -0.496 e. The Hall–Kier alpha value is -1.55. The van der Waals surface area contributed by atoms with Gasteiger partial charge >= 0.3 is 5.97 Å². The molecule has 0 aromatic heterocycles. The molecule has 1 aliphatic rings. The molecule has 0 unspecified atom stereocenters. The van der Waals surface area contributed by atoms with Crippen LogP contribution in [0.3, 0.4) is 0 Å². The predicted molar refractivity (Wildman–Crippen MR) is 82.7 cm³/mol. The molecule has 0 aliphatic carbocycles. The monoisotopic (exact) mass is 291 g/mol. The van der Waals surface area contributed by atoms with Crippen molar-refractivity contribution < 1.29 is 14.6 Å². The number of hydrogen-bond donors (Lipinski definition) is 1. The highest BCUT2D eigenvalue weighted by Gasteiger charge is 2.13. The van der Waals surface area contributed by atoms with E-state index in [0.29, 0.717) is 6.42 Å². The highest BCUT2D eigenvalue weighted by Crippen LogP contribution is 2.24. The zero-order chi connectivity index (χ0) is 15.1. The molecule has 116 valence electrons. The van der Waals surface area contributed by atoms with Crippen LogP contribution in [-0.4, -0.2) is 36.2 Å². The molecule has 4 nitrogen and oxygen atoms in total. The van der Waals surface area contributed by atoms with Crippen molar-refractivity contribution in [1.82, 2.24) is 4.90 Å². The minimum atomic E-state index is -0.725. The Kier molecular flexibility index (Phi) is 6.05.